The molecule has 0 fully saturated rings. The first-order valence-electron chi connectivity index (χ1n) is 7.13. The summed E-state index contributed by atoms with van der Waals surface area (Å²) in [5, 5.41) is 6.45. The van der Waals surface area contributed by atoms with Crippen molar-refractivity contribution in [2.45, 2.75) is 20.4 Å². The molecule has 0 unspecified atom stereocenters. The summed E-state index contributed by atoms with van der Waals surface area (Å²) in [5.74, 6) is 1.62. The maximum atomic E-state index is 5.30. The Labute approximate surface area is 158 Å². The van der Waals surface area contributed by atoms with Gasteiger partial charge in [-0.2, -0.15) is 0 Å². The van der Waals surface area contributed by atoms with Crippen molar-refractivity contribution in [3.63, 3.8) is 0 Å². The third-order valence-electron chi connectivity index (χ3n) is 2.72. The number of aliphatic imine (C=N–C) groups is 1. The molecule has 0 saturated heterocycles. The van der Waals surface area contributed by atoms with E-state index in [4.69, 9.17) is 9.47 Å². The zero-order chi connectivity index (χ0) is 15.5. The Morgan fingerprint density at radius 3 is 2.64 bits per heavy atom. The molecule has 0 aliphatic carbocycles. The predicted molar refractivity (Wildman–Crippen MR) is 105 cm³/mol. The Morgan fingerprint density at radius 2 is 2.05 bits per heavy atom. The lowest BCUT2D eigenvalue weighted by Crippen LogP contribution is -2.39. The topological polar surface area (TPSA) is 54.9 Å². The molecule has 0 bridgehead atoms. The maximum absolute atomic E-state index is 5.30. The van der Waals surface area contributed by atoms with E-state index in [1.807, 2.05) is 32.0 Å². The van der Waals surface area contributed by atoms with Crippen molar-refractivity contribution in [3.05, 3.63) is 28.2 Å². The highest BCUT2D eigenvalue weighted by Gasteiger charge is 2.02. The van der Waals surface area contributed by atoms with Gasteiger partial charge in [-0.25, -0.2) is 4.99 Å². The van der Waals surface area contributed by atoms with E-state index in [0.717, 1.165) is 41.4 Å². The molecule has 0 spiro atoms. The number of methoxy groups -OCH3 is 1. The van der Waals surface area contributed by atoms with Gasteiger partial charge in [-0.05, 0) is 47.5 Å². The predicted octanol–water partition coefficient (Wildman–Crippen LogP) is 3.17. The number of nitrogens with zero attached hydrogens (tertiary/aromatic N) is 1. The molecule has 1 aromatic rings. The molecule has 0 aliphatic heterocycles. The van der Waals surface area contributed by atoms with Crippen LogP contribution in [0.15, 0.2) is 27.7 Å². The summed E-state index contributed by atoms with van der Waals surface area (Å²) in [6.07, 6.45) is 0. The third kappa shape index (κ3) is 8.19. The molecular weight excluding hydrogens is 461 g/mol. The van der Waals surface area contributed by atoms with Crippen LogP contribution in [-0.2, 0) is 11.3 Å². The van der Waals surface area contributed by atoms with Crippen LogP contribution in [0, 0.1) is 0 Å². The molecule has 0 amide bonds. The zero-order valence-corrected chi connectivity index (χ0v) is 17.2. The van der Waals surface area contributed by atoms with Gasteiger partial charge in [0, 0.05) is 19.7 Å². The van der Waals surface area contributed by atoms with Crippen LogP contribution in [0.25, 0.3) is 0 Å². The third-order valence-corrected chi connectivity index (χ3v) is 3.34. The van der Waals surface area contributed by atoms with Gasteiger partial charge >= 0.3 is 0 Å². The molecule has 2 N–H and O–H groups in total. The van der Waals surface area contributed by atoms with E-state index in [9.17, 15) is 0 Å². The molecule has 22 heavy (non-hydrogen) atoms. The van der Waals surface area contributed by atoms with Crippen LogP contribution in [-0.4, -0.2) is 39.4 Å². The minimum Gasteiger partial charge on any atom is -0.496 e. The van der Waals surface area contributed by atoms with Crippen molar-refractivity contribution in [3.8, 4) is 5.75 Å². The molecule has 1 rings (SSSR count). The van der Waals surface area contributed by atoms with Crippen molar-refractivity contribution in [2.24, 2.45) is 4.99 Å². The van der Waals surface area contributed by atoms with Gasteiger partial charge in [0.15, 0.2) is 5.96 Å². The summed E-state index contributed by atoms with van der Waals surface area (Å²) in [6, 6.07) is 5.97. The summed E-state index contributed by atoms with van der Waals surface area (Å²) in [7, 11) is 1.66. The molecule has 7 heteroatoms. The first-order chi connectivity index (χ1) is 10.2. The second kappa shape index (κ2) is 13.0. The van der Waals surface area contributed by atoms with E-state index in [1.165, 1.54) is 0 Å². The lowest BCUT2D eigenvalue weighted by molar-refractivity contribution is 0.152. The number of nitrogens with one attached hydrogen (secondary N) is 2. The molecule has 0 radical (unpaired) electrons. The SMILES string of the molecule is CCNC(=NCc1ccc(OC)c(Br)c1)NCCOCC.I. The molecule has 0 aliphatic rings. The fourth-order valence-corrected chi connectivity index (χ4v) is 2.29. The van der Waals surface area contributed by atoms with Crippen LogP contribution in [0.1, 0.15) is 19.4 Å². The number of rotatable bonds is 8. The van der Waals surface area contributed by atoms with Crippen LogP contribution in [0.2, 0.25) is 0 Å². The van der Waals surface area contributed by atoms with Gasteiger partial charge in [0.25, 0.3) is 0 Å². The van der Waals surface area contributed by atoms with Crippen LogP contribution in [0.5, 0.6) is 5.75 Å². The summed E-state index contributed by atoms with van der Waals surface area (Å²) >= 11 is 3.48. The summed E-state index contributed by atoms with van der Waals surface area (Å²) in [4.78, 5) is 4.56. The highest BCUT2D eigenvalue weighted by molar-refractivity contribution is 14.0. The van der Waals surface area contributed by atoms with Crippen molar-refractivity contribution in [1.29, 1.82) is 0 Å². The fraction of sp³-hybridized carbons (Fsp3) is 0.533. The molecule has 5 nitrogen and oxygen atoms in total. The number of guanidine groups is 1. The summed E-state index contributed by atoms with van der Waals surface area (Å²) in [6.45, 7) is 7.61. The quantitative estimate of drug-likeness (QED) is 0.257. The van der Waals surface area contributed by atoms with E-state index in [-0.39, 0.29) is 24.0 Å². The van der Waals surface area contributed by atoms with E-state index in [1.54, 1.807) is 7.11 Å². The van der Waals surface area contributed by atoms with Gasteiger partial charge in [0.2, 0.25) is 0 Å². The van der Waals surface area contributed by atoms with Crippen molar-refractivity contribution in [1.82, 2.24) is 10.6 Å². The number of ether oxygens (including phenoxy) is 2. The Kier molecular flexibility index (Phi) is 12.6. The lowest BCUT2D eigenvalue weighted by atomic mass is 10.2. The zero-order valence-electron chi connectivity index (χ0n) is 13.3. The Morgan fingerprint density at radius 1 is 1.27 bits per heavy atom. The van der Waals surface area contributed by atoms with Crippen molar-refractivity contribution in [2.75, 3.05) is 33.4 Å². The fourth-order valence-electron chi connectivity index (χ4n) is 1.71. The molecule has 0 aromatic heterocycles. The number of halogens is 2. The minimum atomic E-state index is 0. The van der Waals surface area contributed by atoms with E-state index in [2.05, 4.69) is 31.6 Å². The number of hydrogen-bond acceptors (Lipinski definition) is 3. The number of hydrogen-bond donors (Lipinski definition) is 2. The largest absolute Gasteiger partial charge is 0.496 e. The monoisotopic (exact) mass is 485 g/mol. The average molecular weight is 486 g/mol. The highest BCUT2D eigenvalue weighted by Crippen LogP contribution is 2.25. The van der Waals surface area contributed by atoms with Gasteiger partial charge in [-0.3, -0.25) is 0 Å². The van der Waals surface area contributed by atoms with Crippen LogP contribution < -0.4 is 15.4 Å². The first-order valence-corrected chi connectivity index (χ1v) is 7.92. The normalized spacial score (nSPS) is 10.8. The van der Waals surface area contributed by atoms with E-state index in [0.29, 0.717) is 13.2 Å². The lowest BCUT2D eigenvalue weighted by Gasteiger charge is -2.11. The minimum absolute atomic E-state index is 0. The average Bonchev–Trinajstić information content (AvgIpc) is 2.49. The standard InChI is InChI=1S/C15H24BrN3O2.HI/c1-4-17-15(18-8-9-21-5-2)19-11-12-6-7-14(20-3)13(16)10-12;/h6-7,10H,4-5,8-9,11H2,1-3H3,(H2,17,18,19);1H. The van der Waals surface area contributed by atoms with Crippen LogP contribution in [0.3, 0.4) is 0 Å². The second-order valence-corrected chi connectivity index (χ2v) is 5.14. The number of benzene rings is 1. The van der Waals surface area contributed by atoms with Gasteiger partial charge in [-0.1, -0.05) is 6.07 Å². The molecule has 1 aromatic carbocycles. The van der Waals surface area contributed by atoms with Crippen molar-refractivity contribution >= 4 is 45.9 Å². The maximum Gasteiger partial charge on any atom is 0.191 e. The first kappa shape index (κ1) is 21.5. The molecular formula is C15H25BrIN3O2. The molecule has 0 heterocycles. The van der Waals surface area contributed by atoms with Gasteiger partial charge < -0.3 is 20.1 Å². The molecule has 126 valence electrons. The highest BCUT2D eigenvalue weighted by atomic mass is 127. The van der Waals surface area contributed by atoms with Gasteiger partial charge in [0.05, 0.1) is 24.7 Å². The van der Waals surface area contributed by atoms with Gasteiger partial charge in [-0.15, -0.1) is 24.0 Å². The Hall–Kier alpha value is -0.540. The summed E-state index contributed by atoms with van der Waals surface area (Å²) in [5.41, 5.74) is 1.12. The van der Waals surface area contributed by atoms with E-state index >= 15 is 0 Å². The van der Waals surface area contributed by atoms with Crippen molar-refractivity contribution < 1.29 is 9.47 Å². The molecule has 0 atom stereocenters. The smallest absolute Gasteiger partial charge is 0.191 e. The van der Waals surface area contributed by atoms with E-state index < -0.39 is 0 Å². The van der Waals surface area contributed by atoms with Gasteiger partial charge in [0.1, 0.15) is 5.75 Å². The molecule has 0 saturated carbocycles. The Balaban J connectivity index is 0.00000441. The Bertz CT molecular complexity index is 458. The second-order valence-electron chi connectivity index (χ2n) is 4.29. The summed E-state index contributed by atoms with van der Waals surface area (Å²) < 4.78 is 11.5. The van der Waals surface area contributed by atoms with Crippen LogP contribution >= 0.6 is 39.9 Å². The van der Waals surface area contributed by atoms with Crippen LogP contribution in [0.4, 0.5) is 0 Å².